The van der Waals surface area contributed by atoms with Gasteiger partial charge in [-0.1, -0.05) is 18.2 Å². The Balaban J connectivity index is 1.67. The highest BCUT2D eigenvalue weighted by molar-refractivity contribution is 6.33. The zero-order valence-corrected chi connectivity index (χ0v) is 12.0. The number of hydrogen-bond donors (Lipinski definition) is 0. The number of allylic oxidation sites excluding steroid dienone is 1. The van der Waals surface area contributed by atoms with Crippen LogP contribution in [0.2, 0.25) is 0 Å². The first-order valence-corrected chi connectivity index (χ1v) is 7.29. The smallest absolute Gasteiger partial charge is 0.396 e. The summed E-state index contributed by atoms with van der Waals surface area (Å²) in [6, 6.07) is 12.6. The molecule has 0 amide bonds. The maximum Gasteiger partial charge on any atom is 0.396 e. The molecule has 3 nitrogen and oxygen atoms in total. The Morgan fingerprint density at radius 1 is 1.19 bits per heavy atom. The Bertz CT molecular complexity index is 728. The van der Waals surface area contributed by atoms with Crippen LogP contribution in [0.4, 0.5) is 0 Å². The van der Waals surface area contributed by atoms with Crippen LogP contribution in [0.25, 0.3) is 11.6 Å². The minimum atomic E-state index is 0.701. The van der Waals surface area contributed by atoms with Crippen molar-refractivity contribution < 1.29 is 4.74 Å². The summed E-state index contributed by atoms with van der Waals surface area (Å²) in [5, 5.41) is 0. The molecule has 0 fully saturated rings. The topological polar surface area (TPSA) is 17.4 Å². The Kier molecular flexibility index (Phi) is 2.88. The Morgan fingerprint density at radius 2 is 2.05 bits per heavy atom. The Hall–Kier alpha value is -2.36. The molecule has 0 atom stereocenters. The van der Waals surface area contributed by atoms with Gasteiger partial charge in [-0.2, -0.15) is 0 Å². The molecule has 0 spiro atoms. The minimum absolute atomic E-state index is 0.701. The van der Waals surface area contributed by atoms with Gasteiger partial charge in [-0.15, -0.1) is 0 Å². The lowest BCUT2D eigenvalue weighted by Gasteiger charge is -2.26. The lowest BCUT2D eigenvalue weighted by molar-refractivity contribution is 0.340. The summed E-state index contributed by atoms with van der Waals surface area (Å²) in [6.07, 6.45) is 6.61. The van der Waals surface area contributed by atoms with Gasteiger partial charge in [0.25, 0.3) is 0 Å². The minimum Gasteiger partial charge on any atom is -0.494 e. The van der Waals surface area contributed by atoms with Crippen molar-refractivity contribution in [1.29, 1.82) is 0 Å². The third-order valence-corrected chi connectivity index (χ3v) is 3.91. The number of benzene rings is 1. The Morgan fingerprint density at radius 3 is 2.86 bits per heavy atom. The first-order chi connectivity index (χ1) is 10.3. The number of hydrogen-bond acceptors (Lipinski definition) is 2. The fraction of sp³-hybridized carbons (Fsp3) is 0.176. The van der Waals surface area contributed by atoms with Gasteiger partial charge in [0.2, 0.25) is 0 Å². The Labute approximate surface area is 125 Å². The molecular weight excluding hydrogens is 259 g/mol. The van der Waals surface area contributed by atoms with Gasteiger partial charge in [0.15, 0.2) is 0 Å². The molecule has 2 aliphatic heterocycles. The molecule has 4 rings (SSSR count). The fourth-order valence-electron chi connectivity index (χ4n) is 2.90. The summed E-state index contributed by atoms with van der Waals surface area (Å²) >= 11 is 0. The first-order valence-electron chi connectivity index (χ1n) is 7.29. The maximum absolute atomic E-state index is 5.51. The van der Waals surface area contributed by atoms with E-state index in [-0.39, 0.29) is 0 Å². The highest BCUT2D eigenvalue weighted by Gasteiger charge is 2.26. The molecule has 0 aliphatic carbocycles. The molecule has 0 bridgehead atoms. The zero-order valence-electron chi connectivity index (χ0n) is 12.0. The molecule has 1 radical (unpaired) electrons. The van der Waals surface area contributed by atoms with Crippen LogP contribution in [-0.4, -0.2) is 30.0 Å². The van der Waals surface area contributed by atoms with Gasteiger partial charge in [-0.05, 0) is 49.0 Å². The summed E-state index contributed by atoms with van der Waals surface area (Å²) < 4.78 is 7.66. The van der Waals surface area contributed by atoms with Crippen LogP contribution < -0.4 is 4.74 Å². The van der Waals surface area contributed by atoms with E-state index in [4.69, 9.17) is 4.74 Å². The van der Waals surface area contributed by atoms with E-state index >= 15 is 0 Å². The van der Waals surface area contributed by atoms with Crippen molar-refractivity contribution in [1.82, 2.24) is 9.29 Å². The van der Waals surface area contributed by atoms with E-state index in [0.717, 1.165) is 12.3 Å². The number of fused-ring (bicyclic) bond motifs is 2. The van der Waals surface area contributed by atoms with Crippen LogP contribution >= 0.6 is 0 Å². The highest BCUT2D eigenvalue weighted by atomic mass is 16.5. The predicted octanol–water partition coefficient (Wildman–Crippen LogP) is 3.02. The van der Waals surface area contributed by atoms with E-state index in [2.05, 4.69) is 59.5 Å². The van der Waals surface area contributed by atoms with Crippen molar-refractivity contribution >= 4 is 19.2 Å². The van der Waals surface area contributed by atoms with Crippen LogP contribution in [0.1, 0.15) is 18.2 Å². The van der Waals surface area contributed by atoms with E-state index in [0.29, 0.717) is 6.61 Å². The maximum atomic E-state index is 5.51. The quantitative estimate of drug-likeness (QED) is 0.801. The van der Waals surface area contributed by atoms with Crippen molar-refractivity contribution in [3.63, 3.8) is 0 Å². The molecule has 2 aliphatic rings. The molecule has 4 heteroatoms. The molecule has 0 unspecified atom stereocenters. The largest absolute Gasteiger partial charge is 0.494 e. The van der Waals surface area contributed by atoms with E-state index < -0.39 is 0 Å². The van der Waals surface area contributed by atoms with Gasteiger partial charge in [0.1, 0.15) is 5.75 Å². The van der Waals surface area contributed by atoms with E-state index in [1.54, 1.807) is 0 Å². The van der Waals surface area contributed by atoms with E-state index in [9.17, 15) is 0 Å². The van der Waals surface area contributed by atoms with Gasteiger partial charge >= 0.3 is 7.55 Å². The summed E-state index contributed by atoms with van der Waals surface area (Å²) in [5.41, 5.74) is 5.02. The monoisotopic (exact) mass is 275 g/mol. The van der Waals surface area contributed by atoms with Crippen LogP contribution in [-0.2, 0) is 0 Å². The van der Waals surface area contributed by atoms with Crippen LogP contribution in [0, 0.1) is 0 Å². The third kappa shape index (κ3) is 2.07. The fourth-order valence-corrected chi connectivity index (χ4v) is 2.90. The SMILES string of the molecule is CCOc1ccc(C2=CCN3[B]n4cccc4C=C23)cc1. The van der Waals surface area contributed by atoms with Crippen molar-refractivity contribution in [2.45, 2.75) is 6.92 Å². The predicted molar refractivity (Wildman–Crippen MR) is 85.9 cm³/mol. The second-order valence-corrected chi connectivity index (χ2v) is 5.21. The molecule has 0 saturated heterocycles. The lowest BCUT2D eigenvalue weighted by Crippen LogP contribution is -2.32. The van der Waals surface area contributed by atoms with Gasteiger partial charge in [0.05, 0.1) is 6.61 Å². The van der Waals surface area contributed by atoms with Gasteiger partial charge < -0.3 is 14.0 Å². The third-order valence-electron chi connectivity index (χ3n) is 3.91. The number of rotatable bonds is 3. The molecule has 103 valence electrons. The van der Waals surface area contributed by atoms with Crippen LogP contribution in [0.3, 0.4) is 0 Å². The van der Waals surface area contributed by atoms with E-state index in [1.807, 2.05) is 19.1 Å². The van der Waals surface area contributed by atoms with Crippen molar-refractivity contribution in [2.75, 3.05) is 13.2 Å². The molecule has 2 aromatic rings. The number of aromatic nitrogens is 1. The second kappa shape index (κ2) is 4.88. The molecule has 3 heterocycles. The van der Waals surface area contributed by atoms with Gasteiger partial charge in [0, 0.05) is 23.5 Å². The van der Waals surface area contributed by atoms with Crippen LogP contribution in [0.5, 0.6) is 5.75 Å². The molecule has 21 heavy (non-hydrogen) atoms. The molecule has 0 N–H and O–H groups in total. The summed E-state index contributed by atoms with van der Waals surface area (Å²) in [7, 11) is 2.16. The standard InChI is InChI=1S/C17H16BN2O/c1-2-21-15-7-5-13(6-8-15)16-9-11-20-17(16)12-14-4-3-10-19(14)18-20/h3-10,12H,2,11H2,1H3. The van der Waals surface area contributed by atoms with Gasteiger partial charge in [-0.3, -0.25) is 0 Å². The first kappa shape index (κ1) is 12.4. The van der Waals surface area contributed by atoms with Gasteiger partial charge in [-0.25, -0.2) is 0 Å². The van der Waals surface area contributed by atoms with E-state index in [1.165, 1.54) is 22.5 Å². The molecule has 0 saturated carbocycles. The zero-order chi connectivity index (χ0) is 14.2. The average molecular weight is 275 g/mol. The van der Waals surface area contributed by atoms with Crippen molar-refractivity contribution in [2.24, 2.45) is 0 Å². The van der Waals surface area contributed by atoms with Crippen molar-refractivity contribution in [3.8, 4) is 5.75 Å². The van der Waals surface area contributed by atoms with Crippen molar-refractivity contribution in [3.05, 3.63) is 65.6 Å². The number of ether oxygens (including phenoxy) is 1. The normalized spacial score (nSPS) is 15.8. The van der Waals surface area contributed by atoms with Crippen LogP contribution in [0.15, 0.2) is 54.4 Å². The second-order valence-electron chi connectivity index (χ2n) is 5.21. The summed E-state index contributed by atoms with van der Waals surface area (Å²) in [4.78, 5) is 2.28. The average Bonchev–Trinajstić information content (AvgIpc) is 3.12. The highest BCUT2D eigenvalue weighted by Crippen LogP contribution is 2.34. The lowest BCUT2D eigenvalue weighted by atomic mass is 9.97. The molecule has 1 aromatic carbocycles. The number of nitrogens with zero attached hydrogens (tertiary/aromatic N) is 2. The molecule has 1 aromatic heterocycles. The summed E-state index contributed by atoms with van der Waals surface area (Å²) in [5.74, 6) is 0.926. The summed E-state index contributed by atoms with van der Waals surface area (Å²) in [6.45, 7) is 3.63. The molecular formula is C17H16BN2O.